The number of nitrogen functional groups attached to an aromatic ring is 1. The molecule has 0 atom stereocenters. The van der Waals surface area contributed by atoms with E-state index in [1.165, 1.54) is 0 Å². The van der Waals surface area contributed by atoms with Crippen LogP contribution in [0.2, 0.25) is 5.02 Å². The second-order valence-corrected chi connectivity index (χ2v) is 5.25. The quantitative estimate of drug-likeness (QED) is 0.924. The number of hydrogen-bond acceptors (Lipinski definition) is 3. The minimum absolute atomic E-state index is 0.101. The van der Waals surface area contributed by atoms with Crippen LogP contribution in [0.4, 0.5) is 11.5 Å². The summed E-state index contributed by atoms with van der Waals surface area (Å²) in [6.07, 6.45) is 1.11. The first-order chi connectivity index (χ1) is 9.63. The molecule has 3 rings (SSSR count). The molecule has 1 amide bonds. The molecule has 0 saturated carbocycles. The number of benzene rings is 1. The van der Waals surface area contributed by atoms with Crippen LogP contribution in [0, 0.1) is 0 Å². The Bertz CT molecular complexity index is 672. The standard InChI is InChI=1S/C15H14ClN3O/c16-11-3-1-2-10(8-11)9-19-13-5-6-14(17)18-12(13)4-7-15(19)20/h1-3,5-6,8H,4,7,9H2,(H2,17,18). The predicted octanol–water partition coefficient (Wildman–Crippen LogP) is 2.80. The number of pyridine rings is 1. The largest absolute Gasteiger partial charge is 0.384 e. The summed E-state index contributed by atoms with van der Waals surface area (Å²) in [5, 5.41) is 0.669. The van der Waals surface area contributed by atoms with Crippen molar-refractivity contribution < 1.29 is 4.79 Å². The smallest absolute Gasteiger partial charge is 0.227 e. The molecule has 2 heterocycles. The zero-order valence-corrected chi connectivity index (χ0v) is 11.6. The normalized spacial score (nSPS) is 14.2. The van der Waals surface area contributed by atoms with Gasteiger partial charge in [-0.15, -0.1) is 0 Å². The molecule has 2 aromatic rings. The number of hydrogen-bond donors (Lipinski definition) is 1. The molecule has 0 bridgehead atoms. The first-order valence-electron chi connectivity index (χ1n) is 6.44. The molecule has 1 aromatic carbocycles. The predicted molar refractivity (Wildman–Crippen MR) is 79.6 cm³/mol. The number of rotatable bonds is 2. The van der Waals surface area contributed by atoms with Gasteiger partial charge in [0.1, 0.15) is 5.82 Å². The third-order valence-electron chi connectivity index (χ3n) is 3.37. The molecule has 0 saturated heterocycles. The summed E-state index contributed by atoms with van der Waals surface area (Å²) in [6, 6.07) is 11.1. The van der Waals surface area contributed by atoms with Crippen molar-refractivity contribution in [2.24, 2.45) is 0 Å². The summed E-state index contributed by atoms with van der Waals surface area (Å²) in [7, 11) is 0. The Morgan fingerprint density at radius 3 is 2.90 bits per heavy atom. The minimum Gasteiger partial charge on any atom is -0.384 e. The number of fused-ring (bicyclic) bond motifs is 1. The number of aromatic nitrogens is 1. The molecule has 1 aliphatic heterocycles. The molecule has 0 radical (unpaired) electrons. The van der Waals surface area contributed by atoms with Crippen LogP contribution in [0.3, 0.4) is 0 Å². The second-order valence-electron chi connectivity index (χ2n) is 4.81. The Hall–Kier alpha value is -2.07. The molecular formula is C15H14ClN3O. The van der Waals surface area contributed by atoms with Gasteiger partial charge in [-0.1, -0.05) is 23.7 Å². The van der Waals surface area contributed by atoms with Crippen molar-refractivity contribution in [3.63, 3.8) is 0 Å². The first kappa shape index (κ1) is 12.9. The number of halogens is 1. The number of nitrogens with zero attached hydrogens (tertiary/aromatic N) is 2. The Morgan fingerprint density at radius 2 is 2.10 bits per heavy atom. The van der Waals surface area contributed by atoms with E-state index >= 15 is 0 Å². The number of nitrogens with two attached hydrogens (primary N) is 1. The molecule has 0 spiro atoms. The van der Waals surface area contributed by atoms with Crippen LogP contribution in [-0.4, -0.2) is 10.9 Å². The van der Waals surface area contributed by atoms with Crippen molar-refractivity contribution >= 4 is 29.0 Å². The maximum absolute atomic E-state index is 12.2. The molecule has 0 unspecified atom stereocenters. The van der Waals surface area contributed by atoms with Gasteiger partial charge in [0.2, 0.25) is 5.91 Å². The molecule has 1 aliphatic rings. The third-order valence-corrected chi connectivity index (χ3v) is 3.60. The highest BCUT2D eigenvalue weighted by atomic mass is 35.5. The average molecular weight is 288 g/mol. The molecular weight excluding hydrogens is 274 g/mol. The van der Waals surface area contributed by atoms with E-state index in [4.69, 9.17) is 17.3 Å². The van der Waals surface area contributed by atoms with Crippen molar-refractivity contribution in [3.8, 4) is 0 Å². The third kappa shape index (κ3) is 2.47. The Kier molecular flexibility index (Phi) is 3.32. The molecule has 5 heteroatoms. The van der Waals surface area contributed by atoms with E-state index in [1.807, 2.05) is 30.3 Å². The van der Waals surface area contributed by atoms with Crippen LogP contribution in [0.1, 0.15) is 17.7 Å². The van der Waals surface area contributed by atoms with E-state index in [2.05, 4.69) is 4.98 Å². The average Bonchev–Trinajstić information content (AvgIpc) is 2.42. The van der Waals surface area contributed by atoms with Gasteiger partial charge in [0.05, 0.1) is 17.9 Å². The summed E-state index contributed by atoms with van der Waals surface area (Å²) in [5.41, 5.74) is 8.42. The molecule has 102 valence electrons. The van der Waals surface area contributed by atoms with Crippen LogP contribution in [0.25, 0.3) is 0 Å². The van der Waals surface area contributed by atoms with Crippen molar-refractivity contribution in [2.45, 2.75) is 19.4 Å². The Labute approximate surface area is 122 Å². The highest BCUT2D eigenvalue weighted by molar-refractivity contribution is 6.30. The number of amides is 1. The topological polar surface area (TPSA) is 59.2 Å². The van der Waals surface area contributed by atoms with Crippen LogP contribution >= 0.6 is 11.6 Å². The molecule has 0 aliphatic carbocycles. The van der Waals surface area contributed by atoms with Crippen molar-refractivity contribution in [2.75, 3.05) is 10.6 Å². The van der Waals surface area contributed by atoms with E-state index in [1.54, 1.807) is 11.0 Å². The van der Waals surface area contributed by atoms with Crippen LogP contribution in [0.15, 0.2) is 36.4 Å². The van der Waals surface area contributed by atoms with Gasteiger partial charge in [-0.3, -0.25) is 4.79 Å². The number of anilines is 2. The fourth-order valence-corrected chi connectivity index (χ4v) is 2.64. The molecule has 1 aromatic heterocycles. The van der Waals surface area contributed by atoms with E-state index in [0.717, 1.165) is 16.9 Å². The van der Waals surface area contributed by atoms with Gasteiger partial charge in [0.15, 0.2) is 0 Å². The van der Waals surface area contributed by atoms with Crippen LogP contribution in [0.5, 0.6) is 0 Å². The van der Waals surface area contributed by atoms with E-state index in [-0.39, 0.29) is 5.91 Å². The van der Waals surface area contributed by atoms with Crippen molar-refractivity contribution in [3.05, 3.63) is 52.7 Å². The Morgan fingerprint density at radius 1 is 1.25 bits per heavy atom. The summed E-state index contributed by atoms with van der Waals surface area (Å²) in [6.45, 7) is 0.498. The molecule has 20 heavy (non-hydrogen) atoms. The maximum atomic E-state index is 12.2. The fourth-order valence-electron chi connectivity index (χ4n) is 2.43. The highest BCUT2D eigenvalue weighted by Gasteiger charge is 2.25. The molecule has 4 nitrogen and oxygen atoms in total. The lowest BCUT2D eigenvalue weighted by Gasteiger charge is -2.29. The number of carbonyl (C=O) groups excluding carboxylic acids is 1. The number of aryl methyl sites for hydroxylation is 1. The van der Waals surface area contributed by atoms with Crippen LogP contribution in [-0.2, 0) is 17.8 Å². The summed E-state index contributed by atoms with van der Waals surface area (Å²) < 4.78 is 0. The van der Waals surface area contributed by atoms with E-state index < -0.39 is 0 Å². The van der Waals surface area contributed by atoms with Gasteiger partial charge in [0, 0.05) is 17.9 Å². The van der Waals surface area contributed by atoms with E-state index in [0.29, 0.717) is 30.2 Å². The summed E-state index contributed by atoms with van der Waals surface area (Å²) >= 11 is 5.99. The Balaban J connectivity index is 1.95. The minimum atomic E-state index is 0.101. The van der Waals surface area contributed by atoms with Gasteiger partial charge in [-0.25, -0.2) is 4.98 Å². The first-order valence-corrected chi connectivity index (χ1v) is 6.81. The van der Waals surface area contributed by atoms with Gasteiger partial charge in [-0.05, 0) is 29.8 Å². The monoisotopic (exact) mass is 287 g/mol. The molecule has 0 fully saturated rings. The number of carbonyl (C=O) groups is 1. The lowest BCUT2D eigenvalue weighted by atomic mass is 10.1. The second kappa shape index (κ2) is 5.13. The SMILES string of the molecule is Nc1ccc2c(n1)CCC(=O)N2Cc1cccc(Cl)c1. The van der Waals surface area contributed by atoms with Crippen LogP contribution < -0.4 is 10.6 Å². The highest BCUT2D eigenvalue weighted by Crippen LogP contribution is 2.29. The maximum Gasteiger partial charge on any atom is 0.227 e. The summed E-state index contributed by atoms with van der Waals surface area (Å²) in [5.74, 6) is 0.588. The fraction of sp³-hybridized carbons (Fsp3) is 0.200. The lowest BCUT2D eigenvalue weighted by molar-refractivity contribution is -0.119. The van der Waals surface area contributed by atoms with Gasteiger partial charge < -0.3 is 10.6 Å². The summed E-state index contributed by atoms with van der Waals surface area (Å²) in [4.78, 5) is 18.2. The zero-order chi connectivity index (χ0) is 14.1. The van der Waals surface area contributed by atoms with Crippen molar-refractivity contribution in [1.82, 2.24) is 4.98 Å². The molecule has 2 N–H and O–H groups in total. The van der Waals surface area contributed by atoms with Gasteiger partial charge in [0.25, 0.3) is 0 Å². The van der Waals surface area contributed by atoms with Crippen molar-refractivity contribution in [1.29, 1.82) is 0 Å². The van der Waals surface area contributed by atoms with Gasteiger partial charge in [-0.2, -0.15) is 0 Å². The van der Waals surface area contributed by atoms with E-state index in [9.17, 15) is 4.79 Å². The lowest BCUT2D eigenvalue weighted by Crippen LogP contribution is -2.35. The zero-order valence-electron chi connectivity index (χ0n) is 10.8. The van der Waals surface area contributed by atoms with Gasteiger partial charge >= 0.3 is 0 Å².